The molecule has 3 N–H and O–H groups in total. The van der Waals surface area contributed by atoms with Crippen LogP contribution in [0.1, 0.15) is 19.8 Å². The molecule has 1 atom stereocenters. The number of halogens is 1. The van der Waals surface area contributed by atoms with E-state index in [0.717, 1.165) is 19.0 Å². The van der Waals surface area contributed by atoms with Crippen molar-refractivity contribution in [2.45, 2.75) is 25.8 Å². The Morgan fingerprint density at radius 2 is 2.12 bits per heavy atom. The number of rotatable bonds is 8. The SMILES string of the molecule is CCN1CCCC1CNC(=NC)NCCNc1ccccc1[N+](=O)[O-].I. The van der Waals surface area contributed by atoms with Gasteiger partial charge in [0, 0.05) is 38.8 Å². The Bertz CT molecular complexity index is 598. The van der Waals surface area contributed by atoms with Crippen molar-refractivity contribution >= 4 is 41.3 Å². The van der Waals surface area contributed by atoms with E-state index in [-0.39, 0.29) is 34.6 Å². The molecule has 1 aliphatic heterocycles. The van der Waals surface area contributed by atoms with Gasteiger partial charge in [-0.25, -0.2) is 0 Å². The number of benzene rings is 1. The van der Waals surface area contributed by atoms with Gasteiger partial charge in [-0.15, -0.1) is 24.0 Å². The van der Waals surface area contributed by atoms with Crippen LogP contribution < -0.4 is 16.0 Å². The summed E-state index contributed by atoms with van der Waals surface area (Å²) in [5, 5.41) is 20.7. The Morgan fingerprint density at radius 3 is 2.81 bits per heavy atom. The minimum Gasteiger partial charge on any atom is -0.378 e. The molecule has 0 aromatic heterocycles. The van der Waals surface area contributed by atoms with Crippen LogP contribution in [0, 0.1) is 10.1 Å². The van der Waals surface area contributed by atoms with Crippen molar-refractivity contribution < 1.29 is 4.92 Å². The zero-order valence-corrected chi connectivity index (χ0v) is 17.7. The lowest BCUT2D eigenvalue weighted by atomic mass is 10.2. The van der Waals surface area contributed by atoms with Gasteiger partial charge >= 0.3 is 0 Å². The molecule has 1 aliphatic rings. The number of nitro benzene ring substituents is 1. The van der Waals surface area contributed by atoms with Crippen molar-refractivity contribution in [3.05, 3.63) is 34.4 Å². The van der Waals surface area contributed by atoms with Crippen molar-refractivity contribution in [1.29, 1.82) is 0 Å². The number of hydrogen-bond donors (Lipinski definition) is 3. The average molecular weight is 476 g/mol. The summed E-state index contributed by atoms with van der Waals surface area (Å²) in [4.78, 5) is 17.3. The van der Waals surface area contributed by atoms with Crippen LogP contribution in [-0.4, -0.2) is 61.6 Å². The molecule has 1 saturated heterocycles. The quantitative estimate of drug-likeness (QED) is 0.133. The molecular weight excluding hydrogens is 447 g/mol. The number of likely N-dealkylation sites (N-methyl/N-ethyl adjacent to an activating group) is 1. The fourth-order valence-electron chi connectivity index (χ4n) is 3.14. The van der Waals surface area contributed by atoms with Crippen LogP contribution in [0.4, 0.5) is 11.4 Å². The number of nitrogens with zero attached hydrogens (tertiary/aromatic N) is 3. The molecule has 0 spiro atoms. The van der Waals surface area contributed by atoms with E-state index >= 15 is 0 Å². The Kier molecular flexibility index (Phi) is 10.3. The molecule has 1 unspecified atom stereocenters. The monoisotopic (exact) mass is 476 g/mol. The van der Waals surface area contributed by atoms with E-state index in [4.69, 9.17) is 0 Å². The van der Waals surface area contributed by atoms with Crippen molar-refractivity contribution in [1.82, 2.24) is 15.5 Å². The number of nitro groups is 1. The lowest BCUT2D eigenvalue weighted by molar-refractivity contribution is -0.384. The first-order valence-electron chi connectivity index (χ1n) is 8.81. The van der Waals surface area contributed by atoms with E-state index in [0.29, 0.717) is 24.8 Å². The second-order valence-electron chi connectivity index (χ2n) is 6.01. The average Bonchev–Trinajstić information content (AvgIpc) is 3.09. The Labute approximate surface area is 172 Å². The largest absolute Gasteiger partial charge is 0.378 e. The second-order valence-corrected chi connectivity index (χ2v) is 6.01. The van der Waals surface area contributed by atoms with E-state index in [1.54, 1.807) is 25.2 Å². The van der Waals surface area contributed by atoms with Crippen molar-refractivity contribution in [3.63, 3.8) is 0 Å². The lowest BCUT2D eigenvalue weighted by Gasteiger charge is -2.24. The number of likely N-dealkylation sites (tertiary alicyclic amines) is 1. The first-order valence-corrected chi connectivity index (χ1v) is 8.81. The highest BCUT2D eigenvalue weighted by Gasteiger charge is 2.22. The highest BCUT2D eigenvalue weighted by Crippen LogP contribution is 2.22. The molecule has 146 valence electrons. The summed E-state index contributed by atoms with van der Waals surface area (Å²) in [5.74, 6) is 0.757. The van der Waals surface area contributed by atoms with Crippen LogP contribution in [0.15, 0.2) is 29.3 Å². The number of aliphatic imine (C=N–C) groups is 1. The number of hydrogen-bond acceptors (Lipinski definition) is 5. The summed E-state index contributed by atoms with van der Waals surface area (Å²) < 4.78 is 0. The zero-order chi connectivity index (χ0) is 18.1. The smallest absolute Gasteiger partial charge is 0.292 e. The van der Waals surface area contributed by atoms with E-state index in [1.807, 2.05) is 0 Å². The molecule has 1 heterocycles. The van der Waals surface area contributed by atoms with E-state index in [2.05, 4.69) is 32.8 Å². The summed E-state index contributed by atoms with van der Waals surface area (Å²) in [6, 6.07) is 7.22. The molecule has 1 aromatic carbocycles. The minimum absolute atomic E-state index is 0. The van der Waals surface area contributed by atoms with E-state index in [1.165, 1.54) is 25.5 Å². The number of nitrogens with one attached hydrogen (secondary N) is 3. The Hall–Kier alpha value is -1.62. The third kappa shape index (κ3) is 6.60. The summed E-state index contributed by atoms with van der Waals surface area (Å²) in [7, 11) is 1.75. The van der Waals surface area contributed by atoms with Gasteiger partial charge < -0.3 is 16.0 Å². The molecule has 0 amide bonds. The van der Waals surface area contributed by atoms with Gasteiger partial charge in [0.05, 0.1) is 4.92 Å². The van der Waals surface area contributed by atoms with E-state index < -0.39 is 0 Å². The third-order valence-corrected chi connectivity index (χ3v) is 4.47. The van der Waals surface area contributed by atoms with Gasteiger partial charge in [-0.3, -0.25) is 20.0 Å². The normalized spacial score (nSPS) is 17.5. The van der Waals surface area contributed by atoms with Gasteiger partial charge in [-0.1, -0.05) is 19.1 Å². The van der Waals surface area contributed by atoms with Crippen molar-refractivity contribution in [2.24, 2.45) is 4.99 Å². The highest BCUT2D eigenvalue weighted by atomic mass is 127. The molecule has 9 heteroatoms. The number of anilines is 1. The first-order chi connectivity index (χ1) is 12.2. The summed E-state index contributed by atoms with van der Waals surface area (Å²) in [6.07, 6.45) is 2.48. The Balaban J connectivity index is 0.00000338. The summed E-state index contributed by atoms with van der Waals surface area (Å²) >= 11 is 0. The molecule has 1 aromatic rings. The van der Waals surface area contributed by atoms with Crippen LogP contribution in [-0.2, 0) is 0 Å². The van der Waals surface area contributed by atoms with Gasteiger partial charge in [-0.2, -0.15) is 0 Å². The molecule has 0 radical (unpaired) electrons. The molecule has 0 saturated carbocycles. The maximum absolute atomic E-state index is 11.0. The molecule has 0 bridgehead atoms. The van der Waals surface area contributed by atoms with Crippen LogP contribution >= 0.6 is 24.0 Å². The van der Waals surface area contributed by atoms with Gasteiger partial charge in [0.25, 0.3) is 5.69 Å². The van der Waals surface area contributed by atoms with Gasteiger partial charge in [-0.05, 0) is 32.0 Å². The Morgan fingerprint density at radius 1 is 1.35 bits per heavy atom. The number of para-hydroxylation sites is 2. The van der Waals surface area contributed by atoms with Crippen LogP contribution in [0.3, 0.4) is 0 Å². The highest BCUT2D eigenvalue weighted by molar-refractivity contribution is 14.0. The fraction of sp³-hybridized carbons (Fsp3) is 0.588. The second kappa shape index (κ2) is 11.9. The van der Waals surface area contributed by atoms with Gasteiger partial charge in [0.2, 0.25) is 0 Å². The molecule has 1 fully saturated rings. The van der Waals surface area contributed by atoms with Crippen LogP contribution in [0.2, 0.25) is 0 Å². The van der Waals surface area contributed by atoms with Gasteiger partial charge in [0.15, 0.2) is 5.96 Å². The van der Waals surface area contributed by atoms with Crippen molar-refractivity contribution in [3.8, 4) is 0 Å². The topological polar surface area (TPSA) is 94.8 Å². The van der Waals surface area contributed by atoms with Gasteiger partial charge in [0.1, 0.15) is 5.69 Å². The molecule has 26 heavy (non-hydrogen) atoms. The van der Waals surface area contributed by atoms with E-state index in [9.17, 15) is 10.1 Å². The standard InChI is InChI=1S/C17H28N6O2.HI/c1-3-22-12-6-7-14(22)13-21-17(18-2)20-11-10-19-15-8-4-5-9-16(15)23(24)25;/h4-5,8-9,14,19H,3,6-7,10-13H2,1-2H3,(H2,18,20,21);1H. The molecule has 0 aliphatic carbocycles. The predicted octanol–water partition coefficient (Wildman–Crippen LogP) is 2.27. The maximum atomic E-state index is 11.0. The van der Waals surface area contributed by atoms with Crippen LogP contribution in [0.5, 0.6) is 0 Å². The maximum Gasteiger partial charge on any atom is 0.292 e. The molecule has 2 rings (SSSR count). The van der Waals surface area contributed by atoms with Crippen LogP contribution in [0.25, 0.3) is 0 Å². The lowest BCUT2D eigenvalue weighted by Crippen LogP contribution is -2.45. The summed E-state index contributed by atoms with van der Waals surface area (Å²) in [5.41, 5.74) is 0.618. The summed E-state index contributed by atoms with van der Waals surface area (Å²) in [6.45, 7) is 6.52. The third-order valence-electron chi connectivity index (χ3n) is 4.47. The molecular formula is C17H29IN6O2. The molecule has 8 nitrogen and oxygen atoms in total. The zero-order valence-electron chi connectivity index (χ0n) is 15.4. The fourth-order valence-corrected chi connectivity index (χ4v) is 3.14. The first kappa shape index (κ1) is 22.4. The number of guanidine groups is 1. The van der Waals surface area contributed by atoms with Crippen molar-refractivity contribution in [2.75, 3.05) is 45.1 Å². The predicted molar refractivity (Wildman–Crippen MR) is 117 cm³/mol. The minimum atomic E-state index is -0.378.